The summed E-state index contributed by atoms with van der Waals surface area (Å²) in [5, 5.41) is 9.40. The van der Waals surface area contributed by atoms with Gasteiger partial charge in [-0.15, -0.1) is 0 Å². The number of carboxylic acid groups (broad SMARTS) is 1. The predicted octanol–water partition coefficient (Wildman–Crippen LogP) is 3.82. The molecule has 0 bridgehead atoms. The number of ether oxygens (including phenoxy) is 1. The van der Waals surface area contributed by atoms with Crippen molar-refractivity contribution >= 4 is 5.97 Å². The van der Waals surface area contributed by atoms with Gasteiger partial charge < -0.3 is 9.84 Å². The quantitative estimate of drug-likeness (QED) is 0.849. The lowest BCUT2D eigenvalue weighted by Gasteiger charge is -2.27. The predicted molar refractivity (Wildman–Crippen MR) is 76.6 cm³/mol. The van der Waals surface area contributed by atoms with E-state index in [1.54, 1.807) is 6.92 Å². The number of carboxylic acids is 1. The van der Waals surface area contributed by atoms with Crippen LogP contribution in [0.25, 0.3) is 0 Å². The second-order valence-electron chi connectivity index (χ2n) is 6.02. The van der Waals surface area contributed by atoms with Crippen molar-refractivity contribution in [1.29, 1.82) is 0 Å². The van der Waals surface area contributed by atoms with Crippen LogP contribution in [-0.2, 0) is 4.79 Å². The van der Waals surface area contributed by atoms with Crippen molar-refractivity contribution in [2.24, 2.45) is 11.3 Å². The molecule has 1 aromatic carbocycles. The van der Waals surface area contributed by atoms with Gasteiger partial charge in [0, 0.05) is 0 Å². The number of hydrogen-bond donors (Lipinski definition) is 1. The van der Waals surface area contributed by atoms with Gasteiger partial charge in [-0.05, 0) is 50.3 Å². The number of aliphatic carboxylic acids is 1. The molecule has 0 saturated carbocycles. The molecule has 0 radical (unpaired) electrons. The van der Waals surface area contributed by atoms with Crippen molar-refractivity contribution in [3.05, 3.63) is 29.3 Å². The Balaban J connectivity index is 2.82. The van der Waals surface area contributed by atoms with E-state index in [9.17, 15) is 9.90 Å². The summed E-state index contributed by atoms with van der Waals surface area (Å²) in [6.45, 7) is 9.97. The number of rotatable bonds is 6. The summed E-state index contributed by atoms with van der Waals surface area (Å²) in [6.07, 6.45) is 0.604. The highest BCUT2D eigenvalue weighted by atomic mass is 16.5. The summed E-state index contributed by atoms with van der Waals surface area (Å²) in [4.78, 5) is 11.4. The highest BCUT2D eigenvalue weighted by Gasteiger charge is 2.35. The SMILES string of the molecule is Cc1ccc(C)c(OCC(C)(CC(C)C)C(=O)O)c1. The Morgan fingerprint density at radius 3 is 2.53 bits per heavy atom. The minimum absolute atomic E-state index is 0.199. The van der Waals surface area contributed by atoms with Gasteiger partial charge in [0.25, 0.3) is 0 Å². The molecule has 3 heteroatoms. The molecule has 0 aliphatic rings. The van der Waals surface area contributed by atoms with Gasteiger partial charge in [-0.2, -0.15) is 0 Å². The van der Waals surface area contributed by atoms with Crippen molar-refractivity contribution in [2.75, 3.05) is 6.61 Å². The van der Waals surface area contributed by atoms with Gasteiger partial charge >= 0.3 is 5.97 Å². The Kier molecular flexibility index (Phi) is 4.98. The van der Waals surface area contributed by atoms with Gasteiger partial charge in [0.1, 0.15) is 12.4 Å². The zero-order valence-corrected chi connectivity index (χ0v) is 12.5. The number of aryl methyl sites for hydroxylation is 2. The molecule has 1 aromatic rings. The Bertz CT molecular complexity index is 451. The maximum atomic E-state index is 11.4. The standard InChI is InChI=1S/C16H24O3/c1-11(2)9-16(5,15(17)18)10-19-14-8-12(3)6-7-13(14)4/h6-8,11H,9-10H2,1-5H3,(H,17,18). The molecule has 1 N–H and O–H groups in total. The van der Waals surface area contributed by atoms with E-state index in [2.05, 4.69) is 0 Å². The molecule has 1 unspecified atom stereocenters. The van der Waals surface area contributed by atoms with Gasteiger partial charge in [-0.25, -0.2) is 0 Å². The second kappa shape index (κ2) is 6.09. The highest BCUT2D eigenvalue weighted by molar-refractivity contribution is 5.74. The van der Waals surface area contributed by atoms with Gasteiger partial charge in [0.15, 0.2) is 0 Å². The summed E-state index contributed by atoms with van der Waals surface area (Å²) < 4.78 is 5.76. The molecule has 0 aromatic heterocycles. The fraction of sp³-hybridized carbons (Fsp3) is 0.562. The number of benzene rings is 1. The van der Waals surface area contributed by atoms with E-state index < -0.39 is 11.4 Å². The van der Waals surface area contributed by atoms with Gasteiger partial charge in [-0.3, -0.25) is 4.79 Å². The molecule has 106 valence electrons. The van der Waals surface area contributed by atoms with Gasteiger partial charge in [-0.1, -0.05) is 26.0 Å². The minimum atomic E-state index is -0.843. The normalized spacial score (nSPS) is 14.2. The molecule has 0 spiro atoms. The van der Waals surface area contributed by atoms with Crippen LogP contribution in [0.3, 0.4) is 0 Å². The van der Waals surface area contributed by atoms with Crippen LogP contribution in [0.1, 0.15) is 38.3 Å². The third-order valence-electron chi connectivity index (χ3n) is 3.26. The molecule has 0 aliphatic carbocycles. The maximum absolute atomic E-state index is 11.4. The summed E-state index contributed by atoms with van der Waals surface area (Å²) in [7, 11) is 0. The monoisotopic (exact) mass is 264 g/mol. The van der Waals surface area contributed by atoms with Crippen LogP contribution in [0.2, 0.25) is 0 Å². The third kappa shape index (κ3) is 4.27. The topological polar surface area (TPSA) is 46.5 Å². The molecule has 0 heterocycles. The lowest BCUT2D eigenvalue weighted by molar-refractivity contribution is -0.150. The second-order valence-corrected chi connectivity index (χ2v) is 6.02. The molecule has 0 saturated heterocycles. The molecule has 1 rings (SSSR count). The van der Waals surface area contributed by atoms with Crippen LogP contribution in [0.4, 0.5) is 0 Å². The molecule has 3 nitrogen and oxygen atoms in total. The van der Waals surface area contributed by atoms with Crippen molar-refractivity contribution in [1.82, 2.24) is 0 Å². The maximum Gasteiger partial charge on any atom is 0.312 e. The van der Waals surface area contributed by atoms with Crippen LogP contribution in [0.5, 0.6) is 5.75 Å². The molecule has 0 aliphatic heterocycles. The molecular formula is C16H24O3. The third-order valence-corrected chi connectivity index (χ3v) is 3.26. The fourth-order valence-electron chi connectivity index (χ4n) is 2.21. The first kappa shape index (κ1) is 15.5. The van der Waals surface area contributed by atoms with E-state index in [-0.39, 0.29) is 6.61 Å². The zero-order chi connectivity index (χ0) is 14.6. The number of carbonyl (C=O) groups is 1. The van der Waals surface area contributed by atoms with Gasteiger partial charge in [0.2, 0.25) is 0 Å². The van der Waals surface area contributed by atoms with Crippen LogP contribution in [0, 0.1) is 25.2 Å². The van der Waals surface area contributed by atoms with Crippen LogP contribution < -0.4 is 4.74 Å². The smallest absolute Gasteiger partial charge is 0.312 e. The largest absolute Gasteiger partial charge is 0.492 e. The van der Waals surface area contributed by atoms with Crippen LogP contribution in [0.15, 0.2) is 18.2 Å². The average molecular weight is 264 g/mol. The zero-order valence-electron chi connectivity index (χ0n) is 12.5. The Morgan fingerprint density at radius 1 is 1.37 bits per heavy atom. The van der Waals surface area contributed by atoms with Crippen LogP contribution >= 0.6 is 0 Å². The van der Waals surface area contributed by atoms with Crippen molar-refractivity contribution in [3.8, 4) is 5.75 Å². The molecule has 1 atom stereocenters. The number of hydrogen-bond acceptors (Lipinski definition) is 2. The molecule has 0 amide bonds. The molecular weight excluding hydrogens is 240 g/mol. The molecule has 19 heavy (non-hydrogen) atoms. The minimum Gasteiger partial charge on any atom is -0.492 e. The Morgan fingerprint density at radius 2 is 2.00 bits per heavy atom. The average Bonchev–Trinajstić information content (AvgIpc) is 2.29. The first-order chi connectivity index (χ1) is 8.74. The summed E-state index contributed by atoms with van der Waals surface area (Å²) >= 11 is 0. The van der Waals surface area contributed by atoms with E-state index in [0.717, 1.165) is 16.9 Å². The Hall–Kier alpha value is -1.51. The fourth-order valence-corrected chi connectivity index (χ4v) is 2.21. The van der Waals surface area contributed by atoms with E-state index in [1.165, 1.54) is 0 Å². The first-order valence-corrected chi connectivity index (χ1v) is 6.68. The lowest BCUT2D eigenvalue weighted by atomic mass is 9.83. The highest BCUT2D eigenvalue weighted by Crippen LogP contribution is 2.29. The van der Waals surface area contributed by atoms with E-state index in [4.69, 9.17) is 4.74 Å². The van der Waals surface area contributed by atoms with Gasteiger partial charge in [0.05, 0.1) is 5.41 Å². The summed E-state index contributed by atoms with van der Waals surface area (Å²) in [6, 6.07) is 5.96. The summed E-state index contributed by atoms with van der Waals surface area (Å²) in [5.74, 6) is 0.297. The first-order valence-electron chi connectivity index (χ1n) is 6.68. The lowest BCUT2D eigenvalue weighted by Crippen LogP contribution is -2.35. The summed E-state index contributed by atoms with van der Waals surface area (Å²) in [5.41, 5.74) is 1.30. The van der Waals surface area contributed by atoms with E-state index >= 15 is 0 Å². The van der Waals surface area contributed by atoms with E-state index in [0.29, 0.717) is 12.3 Å². The van der Waals surface area contributed by atoms with Crippen molar-refractivity contribution in [2.45, 2.75) is 41.0 Å². The Labute approximate surface area is 115 Å². The molecule has 0 fully saturated rings. The van der Waals surface area contributed by atoms with Crippen molar-refractivity contribution in [3.63, 3.8) is 0 Å². The van der Waals surface area contributed by atoms with E-state index in [1.807, 2.05) is 45.9 Å². The van der Waals surface area contributed by atoms with Crippen LogP contribution in [-0.4, -0.2) is 17.7 Å². The van der Waals surface area contributed by atoms with Crippen molar-refractivity contribution < 1.29 is 14.6 Å².